The van der Waals surface area contributed by atoms with E-state index in [0.29, 0.717) is 11.6 Å². The molecule has 6 nitrogen and oxygen atoms in total. The Hall–Kier alpha value is -3.46. The zero-order valence-corrected chi connectivity index (χ0v) is 22.2. The van der Waals surface area contributed by atoms with Gasteiger partial charge in [-0.25, -0.2) is 14.6 Å². The largest absolute Gasteiger partial charge is 0.433 e. The Morgan fingerprint density at radius 1 is 0.947 bits per heavy atom. The number of fused-ring (bicyclic) bond motifs is 1. The van der Waals surface area contributed by atoms with Crippen LogP contribution in [-0.4, -0.2) is 40.4 Å². The molecule has 0 atom stereocenters. The second-order valence-corrected chi connectivity index (χ2v) is 9.90. The highest BCUT2D eigenvalue weighted by atomic mass is 19.4. The van der Waals surface area contributed by atoms with Crippen molar-refractivity contribution < 1.29 is 13.2 Å². The summed E-state index contributed by atoms with van der Waals surface area (Å²) in [5, 5.41) is 8.27. The molecule has 5 rings (SSSR count). The van der Waals surface area contributed by atoms with Gasteiger partial charge in [-0.05, 0) is 56.5 Å². The smallest absolute Gasteiger partial charge is 0.362 e. The molecule has 2 aromatic carbocycles. The minimum absolute atomic E-state index is 0.193. The molecular formula is C29H35F3N6. The van der Waals surface area contributed by atoms with Crippen LogP contribution in [0.1, 0.15) is 49.2 Å². The van der Waals surface area contributed by atoms with Gasteiger partial charge in [0.2, 0.25) is 0 Å². The van der Waals surface area contributed by atoms with Crippen molar-refractivity contribution in [1.82, 2.24) is 25.1 Å². The molecule has 2 aromatic heterocycles. The van der Waals surface area contributed by atoms with Crippen molar-refractivity contribution in [3.05, 3.63) is 77.9 Å². The number of hydrogen-bond acceptors (Lipinski definition) is 5. The summed E-state index contributed by atoms with van der Waals surface area (Å²) >= 11 is 0. The van der Waals surface area contributed by atoms with Crippen LogP contribution in [-0.2, 0) is 12.7 Å². The summed E-state index contributed by atoms with van der Waals surface area (Å²) in [6.45, 7) is 2.88. The first-order chi connectivity index (χ1) is 18.2. The average Bonchev–Trinajstić information content (AvgIpc) is 3.34. The maximum Gasteiger partial charge on any atom is 0.433 e. The van der Waals surface area contributed by atoms with Gasteiger partial charge in [0.1, 0.15) is 11.6 Å². The van der Waals surface area contributed by atoms with Crippen LogP contribution in [0.4, 0.5) is 19.0 Å². The van der Waals surface area contributed by atoms with E-state index in [4.69, 9.17) is 0 Å². The Morgan fingerprint density at radius 3 is 2.32 bits per heavy atom. The van der Waals surface area contributed by atoms with Crippen molar-refractivity contribution in [3.8, 4) is 5.69 Å². The zero-order chi connectivity index (χ0) is 27.1. The van der Waals surface area contributed by atoms with Crippen LogP contribution in [0.15, 0.2) is 60.8 Å². The highest BCUT2D eigenvalue weighted by Gasteiger charge is 2.38. The topological polar surface area (TPSA) is 58.9 Å². The summed E-state index contributed by atoms with van der Waals surface area (Å²) < 4.78 is 41.5. The van der Waals surface area contributed by atoms with Gasteiger partial charge in [0.25, 0.3) is 0 Å². The van der Waals surface area contributed by atoms with Crippen LogP contribution in [0.2, 0.25) is 0 Å². The van der Waals surface area contributed by atoms with Crippen LogP contribution in [0.5, 0.6) is 0 Å². The summed E-state index contributed by atoms with van der Waals surface area (Å²) in [5.41, 5.74) is 0.930. The molecule has 0 radical (unpaired) electrons. The Bertz CT molecular complexity index is 1310. The van der Waals surface area contributed by atoms with Gasteiger partial charge in [-0.1, -0.05) is 49.6 Å². The van der Waals surface area contributed by atoms with Gasteiger partial charge in [-0.15, -0.1) is 0 Å². The Balaban J connectivity index is 0.000000204. The van der Waals surface area contributed by atoms with E-state index >= 15 is 0 Å². The molecule has 1 fully saturated rings. The maximum absolute atomic E-state index is 13.5. The maximum atomic E-state index is 13.5. The first-order valence-electron chi connectivity index (χ1n) is 13.0. The molecule has 9 heteroatoms. The minimum atomic E-state index is -4.44. The third kappa shape index (κ3) is 6.89. The predicted octanol–water partition coefficient (Wildman–Crippen LogP) is 6.57. The van der Waals surface area contributed by atoms with Gasteiger partial charge in [0, 0.05) is 31.6 Å². The molecule has 0 amide bonds. The molecule has 0 spiro atoms. The third-order valence-electron chi connectivity index (χ3n) is 6.71. The number of hydrogen-bond donors (Lipinski definition) is 1. The number of aromatic nitrogens is 4. The normalized spacial score (nSPS) is 14.3. The molecule has 202 valence electrons. The standard InChI is InChI=1S/C18H22F3N3.C11H13N3/c19-18(20,21)17-15(12-22-11-14-7-3-1-4-8-14)13-23-24(17)16-9-5-2-6-10-16;1-8-12-10-7-5-4-6-9(10)11(13-8)14(2)3/h2,5-6,9-10,13-14,22H,1,3-4,7-8,11-12H2;4-7H,1-3H3. The van der Waals surface area contributed by atoms with Crippen molar-refractivity contribution in [3.63, 3.8) is 0 Å². The van der Waals surface area contributed by atoms with Crippen LogP contribution in [0.3, 0.4) is 0 Å². The number of aryl methyl sites for hydroxylation is 1. The van der Waals surface area contributed by atoms with Crippen molar-refractivity contribution in [2.45, 2.75) is 51.7 Å². The van der Waals surface area contributed by atoms with E-state index in [9.17, 15) is 13.2 Å². The van der Waals surface area contributed by atoms with Crippen molar-refractivity contribution in [1.29, 1.82) is 0 Å². The first kappa shape index (κ1) is 27.6. The van der Waals surface area contributed by atoms with Gasteiger partial charge in [-0.3, -0.25) is 0 Å². The lowest BCUT2D eigenvalue weighted by Gasteiger charge is -2.22. The SMILES string of the molecule is Cc1nc(N(C)C)c2ccccc2n1.FC(F)(F)c1c(CNCC2CCCCC2)cnn1-c1ccccc1. The van der Waals surface area contributed by atoms with Gasteiger partial charge in [-0.2, -0.15) is 18.3 Å². The average molecular weight is 525 g/mol. The summed E-state index contributed by atoms with van der Waals surface area (Å²) in [7, 11) is 3.99. The number of alkyl halides is 3. The fourth-order valence-corrected chi connectivity index (χ4v) is 4.89. The molecule has 4 aromatic rings. The second-order valence-electron chi connectivity index (χ2n) is 9.90. The molecule has 0 unspecified atom stereocenters. The predicted molar refractivity (Wildman–Crippen MR) is 145 cm³/mol. The highest BCUT2D eigenvalue weighted by molar-refractivity contribution is 5.89. The van der Waals surface area contributed by atoms with E-state index in [1.165, 1.54) is 38.3 Å². The van der Waals surface area contributed by atoms with E-state index in [2.05, 4.69) is 20.4 Å². The fraction of sp³-hybridized carbons (Fsp3) is 0.414. The summed E-state index contributed by atoms with van der Waals surface area (Å²) in [5.74, 6) is 2.37. The molecule has 1 aliphatic rings. The summed E-state index contributed by atoms with van der Waals surface area (Å²) in [6, 6.07) is 16.5. The zero-order valence-electron chi connectivity index (χ0n) is 22.2. The molecule has 0 saturated heterocycles. The van der Waals surface area contributed by atoms with E-state index in [0.717, 1.165) is 33.8 Å². The monoisotopic (exact) mass is 524 g/mol. The van der Waals surface area contributed by atoms with Gasteiger partial charge >= 0.3 is 6.18 Å². The lowest BCUT2D eigenvalue weighted by molar-refractivity contribution is -0.143. The molecule has 0 bridgehead atoms. The number of halogens is 3. The van der Waals surface area contributed by atoms with Gasteiger partial charge in [0.15, 0.2) is 5.69 Å². The van der Waals surface area contributed by atoms with E-state index in [-0.39, 0.29) is 12.1 Å². The molecular weight excluding hydrogens is 489 g/mol. The van der Waals surface area contributed by atoms with Gasteiger partial charge in [0.05, 0.1) is 17.4 Å². The molecule has 1 saturated carbocycles. The Morgan fingerprint density at radius 2 is 1.63 bits per heavy atom. The quantitative estimate of drug-likeness (QED) is 0.309. The number of nitrogens with one attached hydrogen (secondary N) is 1. The number of nitrogens with zero attached hydrogens (tertiary/aromatic N) is 5. The number of para-hydroxylation sites is 2. The van der Waals surface area contributed by atoms with E-state index in [1.54, 1.807) is 30.3 Å². The number of rotatable bonds is 6. The van der Waals surface area contributed by atoms with Crippen LogP contribution in [0.25, 0.3) is 16.6 Å². The lowest BCUT2D eigenvalue weighted by atomic mass is 9.89. The van der Waals surface area contributed by atoms with E-state index in [1.807, 2.05) is 50.2 Å². The number of benzene rings is 2. The summed E-state index contributed by atoms with van der Waals surface area (Å²) in [4.78, 5) is 10.8. The fourth-order valence-electron chi connectivity index (χ4n) is 4.89. The van der Waals surface area contributed by atoms with Crippen molar-refractivity contribution in [2.24, 2.45) is 5.92 Å². The molecule has 1 aliphatic carbocycles. The van der Waals surface area contributed by atoms with E-state index < -0.39 is 11.9 Å². The first-order valence-corrected chi connectivity index (χ1v) is 13.0. The van der Waals surface area contributed by atoms with Crippen molar-refractivity contribution in [2.75, 3.05) is 25.5 Å². The minimum Gasteiger partial charge on any atom is -0.362 e. The third-order valence-corrected chi connectivity index (χ3v) is 6.71. The van der Waals surface area contributed by atoms with Crippen LogP contribution in [0, 0.1) is 12.8 Å². The molecule has 38 heavy (non-hydrogen) atoms. The van der Waals surface area contributed by atoms with Gasteiger partial charge < -0.3 is 10.2 Å². The Kier molecular flexibility index (Phi) is 8.99. The highest BCUT2D eigenvalue weighted by Crippen LogP contribution is 2.33. The Labute approximate surface area is 221 Å². The molecule has 1 N–H and O–H groups in total. The molecule has 2 heterocycles. The molecule has 0 aliphatic heterocycles. The second kappa shape index (κ2) is 12.4. The lowest BCUT2D eigenvalue weighted by Crippen LogP contribution is -2.25. The van der Waals surface area contributed by atoms with Crippen LogP contribution >= 0.6 is 0 Å². The number of anilines is 1. The van der Waals surface area contributed by atoms with Crippen molar-refractivity contribution >= 4 is 16.7 Å². The van der Waals surface area contributed by atoms with Crippen LogP contribution < -0.4 is 10.2 Å². The summed E-state index contributed by atoms with van der Waals surface area (Å²) in [6.07, 6.45) is 2.96.